The Morgan fingerprint density at radius 3 is 2.43 bits per heavy atom. The molecule has 0 aliphatic carbocycles. The summed E-state index contributed by atoms with van der Waals surface area (Å²) in [6, 6.07) is 6.51. The molecule has 1 heterocycles. The molecular weight excluding hydrogens is 316 g/mol. The normalized spacial score (nSPS) is 12.0. The predicted molar refractivity (Wildman–Crippen MR) is 89.4 cm³/mol. The standard InChI is InChI=1S/C16H18N2O4S/c1-4-12-13(15(20)21)23-16(22)18(12)10(3)14(19)17-11-7-5-9(2)6-8-11/h5-8,10H,4H2,1-3H3,(H,17,19)(H,20,21). The van der Waals surface area contributed by atoms with E-state index in [1.807, 2.05) is 19.1 Å². The maximum absolute atomic E-state index is 12.4. The van der Waals surface area contributed by atoms with E-state index in [4.69, 9.17) is 0 Å². The lowest BCUT2D eigenvalue weighted by atomic mass is 10.2. The lowest BCUT2D eigenvalue weighted by molar-refractivity contribution is -0.118. The molecule has 0 bridgehead atoms. The number of nitrogens with one attached hydrogen (secondary N) is 1. The maximum atomic E-state index is 12.4. The molecule has 6 nitrogen and oxygen atoms in total. The predicted octanol–water partition coefficient (Wildman–Crippen LogP) is 2.68. The number of rotatable bonds is 5. The van der Waals surface area contributed by atoms with Gasteiger partial charge in [0.1, 0.15) is 10.9 Å². The molecule has 0 spiro atoms. The number of thiazole rings is 1. The molecule has 2 N–H and O–H groups in total. The topological polar surface area (TPSA) is 88.4 Å². The Morgan fingerprint density at radius 2 is 1.91 bits per heavy atom. The summed E-state index contributed by atoms with van der Waals surface area (Å²) < 4.78 is 1.26. The van der Waals surface area contributed by atoms with Crippen LogP contribution in [0.25, 0.3) is 0 Å². The molecule has 1 atom stereocenters. The number of benzene rings is 1. The number of carbonyl (C=O) groups excluding carboxylic acids is 1. The first-order valence-corrected chi connectivity index (χ1v) is 8.01. The Kier molecular flexibility index (Phi) is 5.00. The van der Waals surface area contributed by atoms with Crippen molar-refractivity contribution in [2.45, 2.75) is 33.2 Å². The fourth-order valence-electron chi connectivity index (χ4n) is 2.31. The fraction of sp³-hybridized carbons (Fsp3) is 0.312. The van der Waals surface area contributed by atoms with Crippen LogP contribution in [-0.2, 0) is 11.2 Å². The minimum absolute atomic E-state index is 0.00696. The largest absolute Gasteiger partial charge is 0.477 e. The van der Waals surface area contributed by atoms with Crippen molar-refractivity contribution in [2.75, 3.05) is 5.32 Å². The van der Waals surface area contributed by atoms with E-state index in [2.05, 4.69) is 5.32 Å². The first-order chi connectivity index (χ1) is 10.8. The van der Waals surface area contributed by atoms with Gasteiger partial charge >= 0.3 is 10.8 Å². The molecule has 0 aliphatic rings. The molecule has 122 valence electrons. The molecule has 1 aromatic carbocycles. The van der Waals surface area contributed by atoms with Gasteiger partial charge in [-0.25, -0.2) is 4.79 Å². The van der Waals surface area contributed by atoms with Gasteiger partial charge in [-0.3, -0.25) is 14.2 Å². The zero-order valence-corrected chi connectivity index (χ0v) is 13.9. The van der Waals surface area contributed by atoms with Crippen molar-refractivity contribution < 1.29 is 14.7 Å². The van der Waals surface area contributed by atoms with Gasteiger partial charge in [0.25, 0.3) is 0 Å². The Morgan fingerprint density at radius 1 is 1.30 bits per heavy atom. The van der Waals surface area contributed by atoms with Gasteiger partial charge in [0.2, 0.25) is 5.91 Å². The highest BCUT2D eigenvalue weighted by Crippen LogP contribution is 2.19. The third-order valence-corrected chi connectivity index (χ3v) is 4.54. The average Bonchev–Trinajstić information content (AvgIpc) is 2.85. The van der Waals surface area contributed by atoms with Crippen LogP contribution in [0.3, 0.4) is 0 Å². The molecule has 0 radical (unpaired) electrons. The van der Waals surface area contributed by atoms with Crippen molar-refractivity contribution in [1.82, 2.24) is 4.57 Å². The highest BCUT2D eigenvalue weighted by Gasteiger charge is 2.25. The summed E-state index contributed by atoms with van der Waals surface area (Å²) in [5, 5.41) is 11.9. The van der Waals surface area contributed by atoms with Crippen molar-refractivity contribution in [3.8, 4) is 0 Å². The molecule has 0 saturated carbocycles. The molecule has 0 saturated heterocycles. The number of carboxylic acids is 1. The van der Waals surface area contributed by atoms with Crippen LogP contribution in [0.5, 0.6) is 0 Å². The molecule has 0 aliphatic heterocycles. The molecule has 2 rings (SSSR count). The van der Waals surface area contributed by atoms with Crippen LogP contribution < -0.4 is 10.2 Å². The third kappa shape index (κ3) is 3.50. The van der Waals surface area contributed by atoms with E-state index < -0.39 is 16.9 Å². The van der Waals surface area contributed by atoms with Crippen LogP contribution in [-0.4, -0.2) is 21.6 Å². The fourth-order valence-corrected chi connectivity index (χ4v) is 3.29. The summed E-state index contributed by atoms with van der Waals surface area (Å²) >= 11 is 0.656. The third-order valence-electron chi connectivity index (χ3n) is 3.55. The monoisotopic (exact) mass is 334 g/mol. The second-order valence-electron chi connectivity index (χ2n) is 5.20. The first-order valence-electron chi connectivity index (χ1n) is 7.20. The first kappa shape index (κ1) is 17.0. The van der Waals surface area contributed by atoms with Crippen LogP contribution in [0, 0.1) is 6.92 Å². The maximum Gasteiger partial charge on any atom is 0.347 e. The minimum atomic E-state index is -1.14. The van der Waals surface area contributed by atoms with Crippen LogP contribution in [0.4, 0.5) is 5.69 Å². The highest BCUT2D eigenvalue weighted by molar-refractivity contribution is 7.11. The van der Waals surface area contributed by atoms with E-state index in [1.54, 1.807) is 26.0 Å². The van der Waals surface area contributed by atoms with Gasteiger partial charge in [-0.2, -0.15) is 0 Å². The second-order valence-corrected chi connectivity index (χ2v) is 6.17. The number of aryl methyl sites for hydroxylation is 1. The average molecular weight is 334 g/mol. The Hall–Kier alpha value is -2.41. The lowest BCUT2D eigenvalue weighted by Gasteiger charge is -2.16. The SMILES string of the molecule is CCc1c(C(=O)O)sc(=O)n1C(C)C(=O)Nc1ccc(C)cc1. The van der Waals surface area contributed by atoms with Crippen molar-refractivity contribution in [2.24, 2.45) is 0 Å². The number of anilines is 1. The number of carboxylic acid groups (broad SMARTS) is 1. The van der Waals surface area contributed by atoms with E-state index >= 15 is 0 Å². The van der Waals surface area contributed by atoms with Gasteiger partial charge in [-0.05, 0) is 32.4 Å². The van der Waals surface area contributed by atoms with Crippen LogP contribution in [0.2, 0.25) is 0 Å². The summed E-state index contributed by atoms with van der Waals surface area (Å²) in [6.45, 7) is 5.29. The molecule has 1 aromatic heterocycles. The summed E-state index contributed by atoms with van der Waals surface area (Å²) in [6.07, 6.45) is 0.364. The molecule has 1 amide bonds. The van der Waals surface area contributed by atoms with Crippen LogP contribution >= 0.6 is 11.3 Å². The highest BCUT2D eigenvalue weighted by atomic mass is 32.1. The molecule has 23 heavy (non-hydrogen) atoms. The number of amides is 1. The number of hydrogen-bond acceptors (Lipinski definition) is 4. The molecule has 1 unspecified atom stereocenters. The van der Waals surface area contributed by atoms with Crippen LogP contribution in [0.15, 0.2) is 29.1 Å². The zero-order chi connectivity index (χ0) is 17.1. The van der Waals surface area contributed by atoms with E-state index in [0.29, 0.717) is 29.1 Å². The van der Waals surface area contributed by atoms with Crippen molar-refractivity contribution in [3.63, 3.8) is 0 Å². The number of aromatic carboxylic acids is 1. The quantitative estimate of drug-likeness (QED) is 0.880. The molecule has 0 fully saturated rings. The smallest absolute Gasteiger partial charge is 0.347 e. The number of aromatic nitrogens is 1. The zero-order valence-electron chi connectivity index (χ0n) is 13.1. The van der Waals surface area contributed by atoms with Gasteiger partial charge in [0.15, 0.2) is 0 Å². The van der Waals surface area contributed by atoms with Gasteiger partial charge in [0, 0.05) is 11.4 Å². The minimum Gasteiger partial charge on any atom is -0.477 e. The van der Waals surface area contributed by atoms with E-state index in [-0.39, 0.29) is 10.8 Å². The lowest BCUT2D eigenvalue weighted by Crippen LogP contribution is -2.30. The van der Waals surface area contributed by atoms with Crippen LogP contribution in [0.1, 0.15) is 40.8 Å². The molecule has 2 aromatic rings. The Bertz CT molecular complexity index is 789. The Balaban J connectivity index is 2.31. The summed E-state index contributed by atoms with van der Waals surface area (Å²) in [5.74, 6) is -1.51. The van der Waals surface area contributed by atoms with Crippen molar-refractivity contribution in [1.29, 1.82) is 0 Å². The van der Waals surface area contributed by atoms with Gasteiger partial charge in [0.05, 0.1) is 0 Å². The molecule has 7 heteroatoms. The van der Waals surface area contributed by atoms with E-state index in [1.165, 1.54) is 4.57 Å². The number of hydrogen-bond donors (Lipinski definition) is 2. The summed E-state index contributed by atoms with van der Waals surface area (Å²) in [4.78, 5) is 35.3. The van der Waals surface area contributed by atoms with E-state index in [0.717, 1.165) is 5.56 Å². The molecular formula is C16H18N2O4S. The van der Waals surface area contributed by atoms with Gasteiger partial charge in [-0.1, -0.05) is 36.0 Å². The Labute approximate surface area is 137 Å². The van der Waals surface area contributed by atoms with Gasteiger partial charge < -0.3 is 10.4 Å². The number of carbonyl (C=O) groups is 2. The van der Waals surface area contributed by atoms with E-state index in [9.17, 15) is 19.5 Å². The summed E-state index contributed by atoms with van der Waals surface area (Å²) in [7, 11) is 0. The van der Waals surface area contributed by atoms with Gasteiger partial charge in [-0.15, -0.1) is 0 Å². The van der Waals surface area contributed by atoms with Crippen molar-refractivity contribution >= 4 is 28.9 Å². The second kappa shape index (κ2) is 6.78. The summed E-state index contributed by atoms with van der Waals surface area (Å²) in [5.41, 5.74) is 2.08. The van der Waals surface area contributed by atoms with Crippen molar-refractivity contribution in [3.05, 3.63) is 50.1 Å². The number of nitrogens with zero attached hydrogens (tertiary/aromatic N) is 1.